The Morgan fingerprint density at radius 1 is 1.21 bits per heavy atom. The second kappa shape index (κ2) is 10.4. The van der Waals surface area contributed by atoms with Crippen molar-refractivity contribution in [2.24, 2.45) is 5.41 Å². The van der Waals surface area contributed by atoms with Crippen LogP contribution in [0.25, 0.3) is 0 Å². The van der Waals surface area contributed by atoms with E-state index in [0.717, 1.165) is 28.2 Å². The molecule has 33 heavy (non-hydrogen) atoms. The third-order valence-electron chi connectivity index (χ3n) is 5.79. The van der Waals surface area contributed by atoms with Gasteiger partial charge in [-0.2, -0.15) is 0 Å². The van der Waals surface area contributed by atoms with E-state index in [2.05, 4.69) is 32.8 Å². The minimum Gasteiger partial charge on any atom is -0.356 e. The predicted octanol–water partition coefficient (Wildman–Crippen LogP) is 5.55. The van der Waals surface area contributed by atoms with Crippen LogP contribution in [0.4, 0.5) is 10.1 Å². The molecule has 0 spiro atoms. The number of rotatable bonds is 9. The van der Waals surface area contributed by atoms with Gasteiger partial charge in [-0.3, -0.25) is 14.5 Å². The van der Waals surface area contributed by atoms with Gasteiger partial charge in [0.05, 0.1) is 5.41 Å². The lowest BCUT2D eigenvalue weighted by Gasteiger charge is -2.37. The van der Waals surface area contributed by atoms with Crippen LogP contribution in [0.2, 0.25) is 0 Å². The van der Waals surface area contributed by atoms with Crippen molar-refractivity contribution in [3.63, 3.8) is 0 Å². The molecular weight excluding hydrogens is 455 g/mol. The van der Waals surface area contributed by atoms with Gasteiger partial charge in [-0.25, -0.2) is 9.37 Å². The van der Waals surface area contributed by atoms with Crippen LogP contribution in [0.3, 0.4) is 0 Å². The van der Waals surface area contributed by atoms with Gasteiger partial charge < -0.3 is 5.32 Å². The largest absolute Gasteiger partial charge is 0.356 e. The highest BCUT2D eigenvalue weighted by atomic mass is 32.1. The summed E-state index contributed by atoms with van der Waals surface area (Å²) in [4.78, 5) is 22.6. The molecule has 1 aromatic carbocycles. The van der Waals surface area contributed by atoms with Crippen molar-refractivity contribution in [3.8, 4) is 0 Å². The lowest BCUT2D eigenvalue weighted by molar-refractivity contribution is 0.0833. The lowest BCUT2D eigenvalue weighted by atomic mass is 9.66. The molecule has 1 aliphatic rings. The summed E-state index contributed by atoms with van der Waals surface area (Å²) in [6, 6.07) is 10.2. The summed E-state index contributed by atoms with van der Waals surface area (Å²) in [7, 11) is 0. The maximum atomic E-state index is 13.9. The van der Waals surface area contributed by atoms with Crippen molar-refractivity contribution in [1.29, 1.82) is 0 Å². The number of hydrogen-bond acceptors (Lipinski definition) is 7. The molecule has 0 bridgehead atoms. The first-order valence-electron chi connectivity index (χ1n) is 10.7. The first-order valence-corrected chi connectivity index (χ1v) is 12.0. The van der Waals surface area contributed by atoms with Crippen LogP contribution in [0.15, 0.2) is 77.6 Å². The first kappa shape index (κ1) is 23.4. The fourth-order valence-electron chi connectivity index (χ4n) is 4.09. The van der Waals surface area contributed by atoms with Gasteiger partial charge in [-0.05, 0) is 68.2 Å². The molecule has 8 heteroatoms. The van der Waals surface area contributed by atoms with Gasteiger partial charge in [0.25, 0.3) is 0 Å². The second-order valence-corrected chi connectivity index (χ2v) is 9.27. The van der Waals surface area contributed by atoms with Crippen LogP contribution < -0.4 is 10.0 Å². The number of halogens is 1. The number of anilines is 1. The lowest BCUT2D eigenvalue weighted by Crippen LogP contribution is -2.38. The number of hydrogen-bond donors (Lipinski definition) is 3. The minimum atomic E-state index is -0.770. The number of carbonyl (C=O) groups is 1. The molecule has 0 saturated heterocycles. The number of benzene rings is 1. The molecule has 0 fully saturated rings. The van der Waals surface area contributed by atoms with Crippen LogP contribution in [0.1, 0.15) is 33.9 Å². The highest BCUT2D eigenvalue weighted by Gasteiger charge is 2.44. The Labute approximate surface area is 202 Å². The van der Waals surface area contributed by atoms with Crippen molar-refractivity contribution >= 4 is 35.6 Å². The maximum absolute atomic E-state index is 13.9. The number of Topliss-reactive ketones (excluding diaryl/α,β-unsaturated/α-hetero) is 1. The van der Waals surface area contributed by atoms with Crippen LogP contribution in [0.5, 0.6) is 0 Å². The van der Waals surface area contributed by atoms with E-state index in [1.54, 1.807) is 18.3 Å². The molecule has 1 atom stereocenters. The summed E-state index contributed by atoms with van der Waals surface area (Å²) >= 11 is 5.52. The molecule has 0 aliphatic heterocycles. The zero-order valence-electron chi connectivity index (χ0n) is 18.2. The average Bonchev–Trinajstić information content (AvgIpc) is 3.36. The first-order chi connectivity index (χ1) is 16.0. The molecule has 1 unspecified atom stereocenters. The van der Waals surface area contributed by atoms with Crippen molar-refractivity contribution in [2.75, 3.05) is 11.9 Å². The molecule has 3 aromatic rings. The van der Waals surface area contributed by atoms with E-state index in [4.69, 9.17) is 0 Å². The molecule has 2 aromatic heterocycles. The SMILES string of the molecule is Cc1ccc(CC2(C(=O)c3nccs3)CC=C(Nc3ccc(F)cc3)C=C2CCNS)cn1. The zero-order valence-corrected chi connectivity index (χ0v) is 19.9. The molecular formula is C25H25FN4OS2. The molecule has 5 nitrogen and oxygen atoms in total. The molecule has 170 valence electrons. The monoisotopic (exact) mass is 480 g/mol. The van der Waals surface area contributed by atoms with Gasteiger partial charge in [-0.1, -0.05) is 30.5 Å². The van der Waals surface area contributed by atoms with E-state index in [1.807, 2.05) is 42.8 Å². The average molecular weight is 481 g/mol. The van der Waals surface area contributed by atoms with Crippen molar-refractivity contribution in [1.82, 2.24) is 14.7 Å². The standard InChI is InChI=1S/C25H25FN4OS2/c1-17-2-3-18(16-28-17)15-25(23(31)24-27-12-13-33-24)10-8-22(14-19(25)9-11-29-32)30-21-6-4-20(26)5-7-21/h2-8,12-14,16,29-30,32H,9-11,15H2,1H3. The summed E-state index contributed by atoms with van der Waals surface area (Å²) in [6.45, 7) is 2.55. The summed E-state index contributed by atoms with van der Waals surface area (Å²) < 4.78 is 16.2. The maximum Gasteiger partial charge on any atom is 0.202 e. The Kier molecular flexibility index (Phi) is 7.37. The van der Waals surface area contributed by atoms with E-state index in [0.29, 0.717) is 30.8 Å². The number of nitrogens with one attached hydrogen (secondary N) is 2. The van der Waals surface area contributed by atoms with Crippen LogP contribution >= 0.6 is 24.2 Å². The van der Waals surface area contributed by atoms with Crippen molar-refractivity contribution in [3.05, 3.63) is 99.7 Å². The molecule has 2 N–H and O–H groups in total. The van der Waals surface area contributed by atoms with E-state index in [1.165, 1.54) is 23.5 Å². The number of aromatic nitrogens is 2. The number of aryl methyl sites for hydroxylation is 1. The summed E-state index contributed by atoms with van der Waals surface area (Å²) in [5, 5.41) is 5.67. The Bertz CT molecular complexity index is 1160. The molecule has 2 heterocycles. The third-order valence-corrected chi connectivity index (χ3v) is 6.79. The van der Waals surface area contributed by atoms with Crippen molar-refractivity contribution < 1.29 is 9.18 Å². The van der Waals surface area contributed by atoms with Crippen LogP contribution in [-0.2, 0) is 6.42 Å². The number of thiol groups is 1. The van der Waals surface area contributed by atoms with Crippen LogP contribution in [0, 0.1) is 18.2 Å². The summed E-state index contributed by atoms with van der Waals surface area (Å²) in [5.41, 5.74) is 3.82. The quantitative estimate of drug-likeness (QED) is 0.277. The number of thiazole rings is 1. The Hall–Kier alpha value is -2.81. The number of pyridine rings is 1. The number of allylic oxidation sites excluding steroid dienone is 2. The third kappa shape index (κ3) is 5.40. The van der Waals surface area contributed by atoms with Gasteiger partial charge in [0.1, 0.15) is 5.82 Å². The van der Waals surface area contributed by atoms with E-state index in [9.17, 15) is 9.18 Å². The van der Waals surface area contributed by atoms with Gasteiger partial charge in [-0.15, -0.1) is 11.3 Å². The molecule has 4 rings (SSSR count). The number of carbonyl (C=O) groups excluding carboxylic acids is 1. The Balaban J connectivity index is 1.72. The fourth-order valence-corrected chi connectivity index (χ4v) is 4.87. The van der Waals surface area contributed by atoms with Gasteiger partial charge in [0.2, 0.25) is 5.78 Å². The summed E-state index contributed by atoms with van der Waals surface area (Å²) in [6.07, 6.45) is 9.26. The number of nitrogens with zero attached hydrogens (tertiary/aromatic N) is 2. The molecule has 0 radical (unpaired) electrons. The van der Waals surface area contributed by atoms with Gasteiger partial charge in [0.15, 0.2) is 5.01 Å². The smallest absolute Gasteiger partial charge is 0.202 e. The normalized spacial score (nSPS) is 17.9. The highest BCUT2D eigenvalue weighted by Crippen LogP contribution is 2.44. The number of ketones is 1. The van der Waals surface area contributed by atoms with E-state index < -0.39 is 5.41 Å². The summed E-state index contributed by atoms with van der Waals surface area (Å²) in [5.74, 6) is -0.269. The fraction of sp³-hybridized carbons (Fsp3) is 0.240. The highest BCUT2D eigenvalue weighted by molar-refractivity contribution is 7.78. The van der Waals surface area contributed by atoms with Gasteiger partial charge >= 0.3 is 0 Å². The van der Waals surface area contributed by atoms with Crippen molar-refractivity contribution in [2.45, 2.75) is 26.2 Å². The van der Waals surface area contributed by atoms with E-state index >= 15 is 0 Å². The molecule has 0 amide bonds. The topological polar surface area (TPSA) is 66.9 Å². The van der Waals surface area contributed by atoms with E-state index in [-0.39, 0.29) is 11.6 Å². The van der Waals surface area contributed by atoms with Gasteiger partial charge in [0, 0.05) is 41.4 Å². The second-order valence-electron chi connectivity index (χ2n) is 8.06. The van der Waals surface area contributed by atoms with Crippen LogP contribution in [-0.4, -0.2) is 22.3 Å². The molecule has 0 saturated carbocycles. The molecule has 1 aliphatic carbocycles. The minimum absolute atomic E-state index is 0.0144. The predicted molar refractivity (Wildman–Crippen MR) is 134 cm³/mol. The Morgan fingerprint density at radius 3 is 2.70 bits per heavy atom. The Morgan fingerprint density at radius 2 is 2.03 bits per heavy atom. The zero-order chi connectivity index (χ0) is 23.3.